The van der Waals surface area contributed by atoms with E-state index in [0.29, 0.717) is 17.9 Å². The van der Waals surface area contributed by atoms with Gasteiger partial charge in [-0.25, -0.2) is 4.39 Å². The van der Waals surface area contributed by atoms with Gasteiger partial charge in [0.15, 0.2) is 0 Å². The summed E-state index contributed by atoms with van der Waals surface area (Å²) in [5.74, 6) is 0.463. The maximum atomic E-state index is 13.3. The van der Waals surface area contributed by atoms with Gasteiger partial charge in [0.1, 0.15) is 11.4 Å². The van der Waals surface area contributed by atoms with Gasteiger partial charge in [0.2, 0.25) is 0 Å². The maximum Gasteiger partial charge on any atom is 0.126 e. The molecule has 0 radical (unpaired) electrons. The minimum absolute atomic E-state index is 0.181. The first-order chi connectivity index (χ1) is 9.44. The standard InChI is InChI=1S/C17H23FN2/c1-13-5-4-8-20(11-13)17(3,12-19)10-15-6-7-16(18)14(2)9-15/h6-7,9,13H,4-5,8,10-11H2,1-3H3. The van der Waals surface area contributed by atoms with Crippen LogP contribution in [0.2, 0.25) is 0 Å². The van der Waals surface area contributed by atoms with E-state index >= 15 is 0 Å². The summed E-state index contributed by atoms with van der Waals surface area (Å²) in [7, 11) is 0. The molecule has 20 heavy (non-hydrogen) atoms. The number of hydrogen-bond donors (Lipinski definition) is 0. The van der Waals surface area contributed by atoms with Crippen LogP contribution in [0.4, 0.5) is 4.39 Å². The number of hydrogen-bond acceptors (Lipinski definition) is 2. The van der Waals surface area contributed by atoms with Crippen LogP contribution < -0.4 is 0 Å². The summed E-state index contributed by atoms with van der Waals surface area (Å²) in [5.41, 5.74) is 1.18. The molecule has 2 unspecified atom stereocenters. The third-order valence-electron chi connectivity index (χ3n) is 4.37. The van der Waals surface area contributed by atoms with Gasteiger partial charge in [-0.1, -0.05) is 19.1 Å². The summed E-state index contributed by atoms with van der Waals surface area (Å²) in [5, 5.41) is 9.64. The molecule has 2 rings (SSSR count). The van der Waals surface area contributed by atoms with Crippen LogP contribution in [-0.4, -0.2) is 23.5 Å². The molecule has 1 saturated heterocycles. The van der Waals surface area contributed by atoms with Gasteiger partial charge in [-0.15, -0.1) is 0 Å². The highest BCUT2D eigenvalue weighted by Crippen LogP contribution is 2.27. The first-order valence-electron chi connectivity index (χ1n) is 7.36. The predicted molar refractivity (Wildman–Crippen MR) is 78.8 cm³/mol. The van der Waals surface area contributed by atoms with Crippen LogP contribution in [0.3, 0.4) is 0 Å². The number of rotatable bonds is 3. The molecule has 0 amide bonds. The normalized spacial score (nSPS) is 23.1. The fraction of sp³-hybridized carbons (Fsp3) is 0.588. The molecular weight excluding hydrogens is 251 g/mol. The molecule has 0 bridgehead atoms. The molecule has 2 atom stereocenters. The number of piperidine rings is 1. The molecule has 0 aromatic heterocycles. The fourth-order valence-corrected chi connectivity index (χ4v) is 3.07. The number of nitrogens with zero attached hydrogens (tertiary/aromatic N) is 2. The third-order valence-corrected chi connectivity index (χ3v) is 4.37. The van der Waals surface area contributed by atoms with Gasteiger partial charge in [0.05, 0.1) is 6.07 Å². The molecular formula is C17H23FN2. The van der Waals surface area contributed by atoms with E-state index in [4.69, 9.17) is 0 Å². The van der Waals surface area contributed by atoms with Crippen LogP contribution >= 0.6 is 0 Å². The molecule has 0 N–H and O–H groups in total. The minimum Gasteiger partial charge on any atom is -0.285 e. The lowest BCUT2D eigenvalue weighted by Gasteiger charge is -2.41. The first kappa shape index (κ1) is 15.0. The fourth-order valence-electron chi connectivity index (χ4n) is 3.07. The number of likely N-dealkylation sites (tertiary alicyclic amines) is 1. The van der Waals surface area contributed by atoms with Crippen molar-refractivity contribution >= 4 is 0 Å². The zero-order chi connectivity index (χ0) is 14.8. The summed E-state index contributed by atoms with van der Waals surface area (Å²) >= 11 is 0. The highest BCUT2D eigenvalue weighted by atomic mass is 19.1. The molecule has 0 saturated carbocycles. The Bertz CT molecular complexity index is 520. The van der Waals surface area contributed by atoms with Crippen molar-refractivity contribution in [2.75, 3.05) is 13.1 Å². The van der Waals surface area contributed by atoms with Gasteiger partial charge in [-0.2, -0.15) is 5.26 Å². The quantitative estimate of drug-likeness (QED) is 0.840. The van der Waals surface area contributed by atoms with Crippen LogP contribution in [-0.2, 0) is 6.42 Å². The Morgan fingerprint density at radius 3 is 2.85 bits per heavy atom. The van der Waals surface area contributed by atoms with Crippen molar-refractivity contribution in [3.05, 3.63) is 35.1 Å². The zero-order valence-electron chi connectivity index (χ0n) is 12.6. The zero-order valence-corrected chi connectivity index (χ0v) is 12.6. The average molecular weight is 274 g/mol. The van der Waals surface area contributed by atoms with E-state index in [9.17, 15) is 9.65 Å². The Morgan fingerprint density at radius 1 is 1.50 bits per heavy atom. The van der Waals surface area contributed by atoms with Crippen molar-refractivity contribution in [1.29, 1.82) is 5.26 Å². The van der Waals surface area contributed by atoms with Crippen molar-refractivity contribution < 1.29 is 4.39 Å². The minimum atomic E-state index is -0.501. The molecule has 1 fully saturated rings. The first-order valence-corrected chi connectivity index (χ1v) is 7.36. The van der Waals surface area contributed by atoms with Crippen molar-refractivity contribution in [2.45, 2.75) is 45.6 Å². The smallest absolute Gasteiger partial charge is 0.126 e. The summed E-state index contributed by atoms with van der Waals surface area (Å²) in [6.07, 6.45) is 3.05. The molecule has 1 aliphatic heterocycles. The van der Waals surface area contributed by atoms with E-state index < -0.39 is 5.54 Å². The van der Waals surface area contributed by atoms with E-state index in [-0.39, 0.29) is 5.82 Å². The molecule has 2 nitrogen and oxygen atoms in total. The van der Waals surface area contributed by atoms with Gasteiger partial charge >= 0.3 is 0 Å². The van der Waals surface area contributed by atoms with Gasteiger partial charge < -0.3 is 0 Å². The van der Waals surface area contributed by atoms with Crippen LogP contribution in [0.5, 0.6) is 0 Å². The molecule has 1 aliphatic rings. The lowest BCUT2D eigenvalue weighted by atomic mass is 9.88. The van der Waals surface area contributed by atoms with Crippen LogP contribution in [0.25, 0.3) is 0 Å². The van der Waals surface area contributed by atoms with Crippen molar-refractivity contribution in [3.63, 3.8) is 0 Å². The molecule has 0 spiro atoms. The highest BCUT2D eigenvalue weighted by molar-refractivity contribution is 5.27. The second-order valence-corrected chi connectivity index (χ2v) is 6.34. The van der Waals surface area contributed by atoms with Crippen LogP contribution in [0.15, 0.2) is 18.2 Å². The Kier molecular flexibility index (Phi) is 4.45. The van der Waals surface area contributed by atoms with Crippen molar-refractivity contribution in [2.24, 2.45) is 5.92 Å². The second kappa shape index (κ2) is 5.93. The van der Waals surface area contributed by atoms with E-state index in [2.05, 4.69) is 17.9 Å². The second-order valence-electron chi connectivity index (χ2n) is 6.34. The number of halogens is 1. The number of aryl methyl sites for hydroxylation is 1. The largest absolute Gasteiger partial charge is 0.285 e. The van der Waals surface area contributed by atoms with E-state index in [0.717, 1.165) is 25.1 Å². The third kappa shape index (κ3) is 3.19. The maximum absolute atomic E-state index is 13.3. The van der Waals surface area contributed by atoms with Gasteiger partial charge in [0, 0.05) is 13.0 Å². The molecule has 1 heterocycles. The predicted octanol–water partition coefficient (Wildman–Crippen LogP) is 3.69. The lowest BCUT2D eigenvalue weighted by Crippen LogP contribution is -2.51. The summed E-state index contributed by atoms with van der Waals surface area (Å²) in [6, 6.07) is 7.64. The van der Waals surface area contributed by atoms with Crippen LogP contribution in [0.1, 0.15) is 37.8 Å². The summed E-state index contributed by atoms with van der Waals surface area (Å²) in [4.78, 5) is 2.29. The Morgan fingerprint density at radius 2 is 2.25 bits per heavy atom. The SMILES string of the molecule is Cc1cc(CC(C)(C#N)N2CCCC(C)C2)ccc1F. The van der Waals surface area contributed by atoms with E-state index in [1.54, 1.807) is 13.0 Å². The number of nitriles is 1. The van der Waals surface area contributed by atoms with E-state index in [1.165, 1.54) is 12.5 Å². The number of benzene rings is 1. The average Bonchev–Trinajstić information content (AvgIpc) is 2.43. The summed E-state index contributed by atoms with van der Waals surface area (Å²) < 4.78 is 13.3. The van der Waals surface area contributed by atoms with Gasteiger partial charge in [-0.3, -0.25) is 4.90 Å². The summed E-state index contributed by atoms with van der Waals surface area (Å²) in [6.45, 7) is 7.97. The lowest BCUT2D eigenvalue weighted by molar-refractivity contribution is 0.0959. The molecule has 3 heteroatoms. The molecule has 108 valence electrons. The monoisotopic (exact) mass is 274 g/mol. The van der Waals surface area contributed by atoms with Crippen molar-refractivity contribution in [1.82, 2.24) is 4.90 Å². The molecule has 1 aromatic carbocycles. The van der Waals surface area contributed by atoms with Gasteiger partial charge in [-0.05, 0) is 56.3 Å². The Balaban J connectivity index is 2.18. The van der Waals surface area contributed by atoms with Crippen molar-refractivity contribution in [3.8, 4) is 6.07 Å². The Labute approximate surface area is 121 Å². The molecule has 1 aromatic rings. The topological polar surface area (TPSA) is 27.0 Å². The van der Waals surface area contributed by atoms with Crippen LogP contribution in [0, 0.1) is 30.0 Å². The van der Waals surface area contributed by atoms with Gasteiger partial charge in [0.25, 0.3) is 0 Å². The van der Waals surface area contributed by atoms with E-state index in [1.807, 2.05) is 13.0 Å². The highest BCUT2D eigenvalue weighted by Gasteiger charge is 2.34. The molecule has 0 aliphatic carbocycles. The Hall–Kier alpha value is -1.40.